The van der Waals surface area contributed by atoms with E-state index in [9.17, 15) is 0 Å². The Kier molecular flexibility index (Phi) is 1.53. The Labute approximate surface area is 81.3 Å². The lowest BCUT2D eigenvalue weighted by atomic mass is 10.3. The Morgan fingerprint density at radius 1 is 1.29 bits per heavy atom. The first-order valence-corrected chi connectivity index (χ1v) is 4.66. The van der Waals surface area contributed by atoms with Crippen LogP contribution in [0.1, 0.15) is 0 Å². The van der Waals surface area contributed by atoms with Crippen molar-refractivity contribution in [2.45, 2.75) is 0 Å². The summed E-state index contributed by atoms with van der Waals surface area (Å²) in [4.78, 5) is 4.33. The summed E-state index contributed by atoms with van der Waals surface area (Å²) in [6, 6.07) is 8.12. The van der Waals surface area contributed by atoms with E-state index in [1.54, 1.807) is 0 Å². The quantitative estimate of drug-likeness (QED) is 0.662. The maximum absolute atomic E-state index is 4.33. The summed E-state index contributed by atoms with van der Waals surface area (Å²) in [6.07, 6.45) is 1.86. The summed E-state index contributed by atoms with van der Waals surface area (Å²) in [7, 11) is 0. The van der Waals surface area contributed by atoms with Crippen LogP contribution in [0.3, 0.4) is 0 Å². The first-order valence-electron chi connectivity index (χ1n) is 4.66. The number of nitrogens with zero attached hydrogens (tertiary/aromatic N) is 3. The van der Waals surface area contributed by atoms with Gasteiger partial charge in [0.15, 0.2) is 0 Å². The van der Waals surface area contributed by atoms with Crippen LogP contribution in [-0.4, -0.2) is 28.8 Å². The van der Waals surface area contributed by atoms with Crippen molar-refractivity contribution in [3.8, 4) is 0 Å². The second-order valence-electron chi connectivity index (χ2n) is 3.25. The monoisotopic (exact) mass is 186 g/mol. The van der Waals surface area contributed by atoms with Gasteiger partial charge in [-0.15, -0.1) is 0 Å². The molecule has 70 valence electrons. The molecule has 0 fully saturated rings. The number of aliphatic imine (C=N–C) groups is 1. The number of rotatable bonds is 0. The minimum Gasteiger partial charge on any atom is -0.353 e. The summed E-state index contributed by atoms with van der Waals surface area (Å²) in [5, 5.41) is 8.64. The first kappa shape index (κ1) is 7.55. The van der Waals surface area contributed by atoms with Gasteiger partial charge in [-0.2, -0.15) is 5.10 Å². The van der Waals surface area contributed by atoms with Crippen LogP contribution < -0.4 is 5.32 Å². The summed E-state index contributed by atoms with van der Waals surface area (Å²) < 4.78 is 1.85. The van der Waals surface area contributed by atoms with E-state index < -0.39 is 0 Å². The molecule has 0 saturated carbocycles. The third kappa shape index (κ3) is 1.00. The van der Waals surface area contributed by atoms with E-state index in [1.807, 2.05) is 35.1 Å². The van der Waals surface area contributed by atoms with Crippen LogP contribution in [0.15, 0.2) is 35.5 Å². The normalized spacial score (nSPS) is 15.6. The summed E-state index contributed by atoms with van der Waals surface area (Å²) in [6.45, 7) is 1.74. The highest BCUT2D eigenvalue weighted by Gasteiger charge is 2.10. The summed E-state index contributed by atoms with van der Waals surface area (Å²) >= 11 is 0. The highest BCUT2D eigenvalue weighted by molar-refractivity contribution is 5.92. The van der Waals surface area contributed by atoms with Crippen molar-refractivity contribution in [2.75, 3.05) is 13.1 Å². The zero-order chi connectivity index (χ0) is 9.38. The number of hydrogen-bond acceptors (Lipinski definition) is 3. The predicted octanol–water partition coefficient (Wildman–Crippen LogP) is 0.844. The molecule has 1 N–H and O–H groups in total. The van der Waals surface area contributed by atoms with E-state index in [0.29, 0.717) is 0 Å². The second-order valence-corrected chi connectivity index (χ2v) is 3.25. The average Bonchev–Trinajstić information content (AvgIpc) is 2.85. The van der Waals surface area contributed by atoms with Gasteiger partial charge < -0.3 is 5.32 Å². The molecule has 3 rings (SSSR count). The molecule has 4 heteroatoms. The van der Waals surface area contributed by atoms with Crippen molar-refractivity contribution in [1.29, 1.82) is 0 Å². The van der Waals surface area contributed by atoms with Crippen molar-refractivity contribution in [3.63, 3.8) is 0 Å². The van der Waals surface area contributed by atoms with Gasteiger partial charge in [-0.05, 0) is 6.07 Å². The van der Waals surface area contributed by atoms with E-state index in [1.165, 1.54) is 0 Å². The van der Waals surface area contributed by atoms with Gasteiger partial charge in [-0.3, -0.25) is 0 Å². The fraction of sp³-hybridized carbons (Fsp3) is 0.200. The van der Waals surface area contributed by atoms with Gasteiger partial charge in [-0.1, -0.05) is 18.2 Å². The van der Waals surface area contributed by atoms with E-state index in [0.717, 1.165) is 30.0 Å². The van der Waals surface area contributed by atoms with Gasteiger partial charge in [0.05, 0.1) is 18.3 Å². The zero-order valence-corrected chi connectivity index (χ0v) is 7.64. The van der Waals surface area contributed by atoms with E-state index in [-0.39, 0.29) is 0 Å². The Morgan fingerprint density at radius 2 is 2.21 bits per heavy atom. The zero-order valence-electron chi connectivity index (χ0n) is 7.64. The highest BCUT2D eigenvalue weighted by Crippen LogP contribution is 2.12. The minimum absolute atomic E-state index is 0.837. The van der Waals surface area contributed by atoms with E-state index >= 15 is 0 Å². The molecule has 1 aliphatic heterocycles. The van der Waals surface area contributed by atoms with Gasteiger partial charge in [0.1, 0.15) is 0 Å². The van der Waals surface area contributed by atoms with Gasteiger partial charge in [-0.25, -0.2) is 9.67 Å². The van der Waals surface area contributed by atoms with Crippen LogP contribution in [-0.2, 0) is 0 Å². The van der Waals surface area contributed by atoms with Crippen LogP contribution in [0.2, 0.25) is 0 Å². The summed E-state index contributed by atoms with van der Waals surface area (Å²) in [5.41, 5.74) is 1.10. The van der Waals surface area contributed by atoms with E-state index in [4.69, 9.17) is 0 Å². The molecule has 0 bridgehead atoms. The van der Waals surface area contributed by atoms with E-state index in [2.05, 4.69) is 15.4 Å². The predicted molar refractivity (Wildman–Crippen MR) is 55.4 cm³/mol. The molecule has 2 aromatic rings. The van der Waals surface area contributed by atoms with Crippen LogP contribution in [0.25, 0.3) is 10.9 Å². The lowest BCUT2D eigenvalue weighted by Gasteiger charge is -2.02. The van der Waals surface area contributed by atoms with Crippen molar-refractivity contribution in [3.05, 3.63) is 30.5 Å². The Morgan fingerprint density at radius 3 is 3.07 bits per heavy atom. The smallest absolute Gasteiger partial charge is 0.219 e. The lowest BCUT2D eigenvalue weighted by Crippen LogP contribution is -2.26. The number of fused-ring (bicyclic) bond motifs is 1. The molecule has 0 unspecified atom stereocenters. The fourth-order valence-electron chi connectivity index (χ4n) is 1.67. The van der Waals surface area contributed by atoms with Gasteiger partial charge in [0, 0.05) is 11.9 Å². The minimum atomic E-state index is 0.837. The number of hydrogen-bond donors (Lipinski definition) is 1. The molecule has 0 atom stereocenters. The Bertz CT molecular complexity index is 498. The molecule has 1 aliphatic rings. The Hall–Kier alpha value is -1.84. The van der Waals surface area contributed by atoms with Crippen molar-refractivity contribution in [1.82, 2.24) is 15.1 Å². The number of benzene rings is 1. The molecule has 4 nitrogen and oxygen atoms in total. The van der Waals surface area contributed by atoms with Crippen molar-refractivity contribution < 1.29 is 0 Å². The molecule has 0 radical (unpaired) electrons. The first-order chi connectivity index (χ1) is 6.95. The molecule has 2 heterocycles. The molecule has 1 aromatic heterocycles. The van der Waals surface area contributed by atoms with Crippen LogP contribution in [0.4, 0.5) is 0 Å². The number of aromatic nitrogens is 2. The van der Waals surface area contributed by atoms with Crippen molar-refractivity contribution >= 4 is 16.9 Å². The maximum atomic E-state index is 4.33. The molecule has 1 aromatic carbocycles. The van der Waals surface area contributed by atoms with Crippen LogP contribution in [0, 0.1) is 0 Å². The van der Waals surface area contributed by atoms with Crippen molar-refractivity contribution in [2.24, 2.45) is 4.99 Å². The van der Waals surface area contributed by atoms with Gasteiger partial charge in [0.25, 0.3) is 0 Å². The standard InChI is InChI=1S/C10H10N4/c1-2-4-9-8(3-1)7-13-14(9)10-11-5-6-12-10/h1-4,7H,5-6H2,(H,11,12). The van der Waals surface area contributed by atoms with Crippen LogP contribution >= 0.6 is 0 Å². The van der Waals surface area contributed by atoms with Gasteiger partial charge in [0.2, 0.25) is 5.96 Å². The molecule has 0 amide bonds. The SMILES string of the molecule is c1ccc2c(c1)cnn2C1=NCCN1. The Balaban J connectivity index is 2.21. The third-order valence-electron chi connectivity index (χ3n) is 2.33. The summed E-state index contributed by atoms with van der Waals surface area (Å²) in [5.74, 6) is 0.853. The molecule has 14 heavy (non-hydrogen) atoms. The van der Waals surface area contributed by atoms with Crippen LogP contribution in [0.5, 0.6) is 0 Å². The third-order valence-corrected chi connectivity index (χ3v) is 2.33. The van der Waals surface area contributed by atoms with Gasteiger partial charge >= 0.3 is 0 Å². The molecule has 0 saturated heterocycles. The topological polar surface area (TPSA) is 42.2 Å². The average molecular weight is 186 g/mol. The second kappa shape index (κ2) is 2.83. The number of para-hydroxylation sites is 1. The molecule has 0 spiro atoms. The molecular formula is C10H10N4. The molecular weight excluding hydrogens is 176 g/mol. The maximum Gasteiger partial charge on any atom is 0.219 e. The highest BCUT2D eigenvalue weighted by atomic mass is 15.4. The number of nitrogens with one attached hydrogen (secondary N) is 1. The fourth-order valence-corrected chi connectivity index (χ4v) is 1.67. The largest absolute Gasteiger partial charge is 0.353 e. The lowest BCUT2D eigenvalue weighted by molar-refractivity contribution is 0.893. The molecule has 0 aliphatic carbocycles.